The number of carbonyl (C=O) groups excluding carboxylic acids is 2. The first-order valence-electron chi connectivity index (χ1n) is 7.64. The van der Waals surface area contributed by atoms with Crippen LogP contribution in [0.3, 0.4) is 0 Å². The number of aromatic nitrogens is 1. The van der Waals surface area contributed by atoms with E-state index in [-0.39, 0.29) is 18.0 Å². The molecule has 0 aliphatic carbocycles. The van der Waals surface area contributed by atoms with Crippen LogP contribution in [0.25, 0.3) is 0 Å². The van der Waals surface area contributed by atoms with Crippen molar-refractivity contribution in [2.75, 3.05) is 11.9 Å². The molecule has 24 heavy (non-hydrogen) atoms. The van der Waals surface area contributed by atoms with Crippen LogP contribution in [0.5, 0.6) is 0 Å². The predicted molar refractivity (Wildman–Crippen MR) is 88.0 cm³/mol. The first-order chi connectivity index (χ1) is 11.6. The van der Waals surface area contributed by atoms with Gasteiger partial charge >= 0.3 is 6.03 Å². The number of fused-ring (bicyclic) bond motifs is 4. The molecule has 8 heteroatoms. The van der Waals surface area contributed by atoms with Gasteiger partial charge in [-0.05, 0) is 5.56 Å². The van der Waals surface area contributed by atoms with E-state index < -0.39 is 0 Å². The molecular weight excluding hydrogens is 328 g/mol. The van der Waals surface area contributed by atoms with Gasteiger partial charge in [-0.1, -0.05) is 41.7 Å². The van der Waals surface area contributed by atoms with Crippen LogP contribution >= 0.6 is 11.3 Å². The Kier molecular flexibility index (Phi) is 3.70. The highest BCUT2D eigenvalue weighted by atomic mass is 32.1. The quantitative estimate of drug-likeness (QED) is 0.925. The normalized spacial score (nSPS) is 18.7. The monoisotopic (exact) mass is 344 g/mol. The summed E-state index contributed by atoms with van der Waals surface area (Å²) in [5.74, 6) is -0.153. The molecule has 124 valence electrons. The van der Waals surface area contributed by atoms with Gasteiger partial charge < -0.3 is 10.2 Å². The maximum Gasteiger partial charge on any atom is 0.345 e. The van der Waals surface area contributed by atoms with Crippen molar-refractivity contribution < 1.29 is 14.4 Å². The molecule has 4 rings (SSSR count). The van der Waals surface area contributed by atoms with Gasteiger partial charge in [0.1, 0.15) is 12.6 Å². The molecule has 3 heterocycles. The van der Waals surface area contributed by atoms with E-state index in [1.807, 2.05) is 30.3 Å². The summed E-state index contributed by atoms with van der Waals surface area (Å²) in [6, 6.07) is 9.42. The number of amides is 3. The molecule has 2 aliphatic rings. The summed E-state index contributed by atoms with van der Waals surface area (Å²) in [6.07, 6.45) is 0. The van der Waals surface area contributed by atoms with Crippen molar-refractivity contribution in [3.63, 3.8) is 0 Å². The zero-order valence-electron chi connectivity index (χ0n) is 13.1. The van der Waals surface area contributed by atoms with Gasteiger partial charge in [-0.3, -0.25) is 9.63 Å². The zero-order chi connectivity index (χ0) is 16.7. The molecule has 2 bridgehead atoms. The number of thiazole rings is 1. The summed E-state index contributed by atoms with van der Waals surface area (Å²) in [6.45, 7) is 2.83. The molecule has 1 aromatic heterocycles. The van der Waals surface area contributed by atoms with E-state index in [2.05, 4.69) is 10.3 Å². The highest BCUT2D eigenvalue weighted by Crippen LogP contribution is 2.42. The van der Waals surface area contributed by atoms with Crippen molar-refractivity contribution >= 4 is 28.4 Å². The van der Waals surface area contributed by atoms with Crippen LogP contribution in [-0.4, -0.2) is 33.4 Å². The van der Waals surface area contributed by atoms with Crippen molar-refractivity contribution in [3.05, 3.63) is 46.5 Å². The number of carbonyl (C=O) groups is 2. The molecular formula is C16H16N4O3S. The SMILES string of the molecule is CC(=O)Nc1nc2c(s1)C1CN(C2)C(=O)N1OCc1ccccc1. The zero-order valence-corrected chi connectivity index (χ0v) is 13.9. The minimum Gasteiger partial charge on any atom is -0.314 e. The third-order valence-corrected chi connectivity index (χ3v) is 5.12. The van der Waals surface area contributed by atoms with E-state index in [0.29, 0.717) is 24.8 Å². The summed E-state index contributed by atoms with van der Waals surface area (Å²) in [4.78, 5) is 36.6. The first-order valence-corrected chi connectivity index (χ1v) is 8.45. The fraction of sp³-hybridized carbons (Fsp3) is 0.312. The average molecular weight is 344 g/mol. The molecule has 7 nitrogen and oxygen atoms in total. The molecule has 0 radical (unpaired) electrons. The minimum absolute atomic E-state index is 0.137. The van der Waals surface area contributed by atoms with Crippen LogP contribution in [0.2, 0.25) is 0 Å². The average Bonchev–Trinajstić information content (AvgIpc) is 3.07. The van der Waals surface area contributed by atoms with E-state index >= 15 is 0 Å². The van der Waals surface area contributed by atoms with E-state index in [4.69, 9.17) is 4.84 Å². The van der Waals surface area contributed by atoms with Crippen LogP contribution in [0.15, 0.2) is 30.3 Å². The van der Waals surface area contributed by atoms with Crippen LogP contribution in [0.1, 0.15) is 29.1 Å². The molecule has 2 aromatic rings. The first kappa shape index (κ1) is 15.1. The third-order valence-electron chi connectivity index (χ3n) is 4.00. The van der Waals surface area contributed by atoms with Crippen molar-refractivity contribution in [2.24, 2.45) is 0 Å². The lowest BCUT2D eigenvalue weighted by Gasteiger charge is -2.21. The Balaban J connectivity index is 1.55. The van der Waals surface area contributed by atoms with Gasteiger partial charge in [0.25, 0.3) is 0 Å². The molecule has 0 spiro atoms. The topological polar surface area (TPSA) is 74.8 Å². The smallest absolute Gasteiger partial charge is 0.314 e. The summed E-state index contributed by atoms with van der Waals surface area (Å²) in [5, 5.41) is 4.72. The Morgan fingerprint density at radius 3 is 2.96 bits per heavy atom. The number of benzene rings is 1. The number of urea groups is 1. The van der Waals surface area contributed by atoms with Gasteiger partial charge in [0, 0.05) is 6.92 Å². The maximum absolute atomic E-state index is 12.5. The summed E-state index contributed by atoms with van der Waals surface area (Å²) in [5.41, 5.74) is 1.84. The van der Waals surface area contributed by atoms with E-state index in [1.165, 1.54) is 23.3 Å². The fourth-order valence-electron chi connectivity index (χ4n) is 2.94. The second kappa shape index (κ2) is 5.88. The lowest BCUT2D eigenvalue weighted by atomic mass is 10.1. The standard InChI is InChI=1S/C16H16N4O3S/c1-10(21)17-15-18-12-7-19-8-13(14(12)24-15)20(16(19)22)23-9-11-5-3-2-4-6-11/h2-6,13H,7-9H2,1H3,(H,17,18,21). The number of hydrogen-bond acceptors (Lipinski definition) is 5. The summed E-state index contributed by atoms with van der Waals surface area (Å²) in [7, 11) is 0. The molecule has 1 fully saturated rings. The summed E-state index contributed by atoms with van der Waals surface area (Å²) < 4.78 is 0. The van der Waals surface area contributed by atoms with Crippen molar-refractivity contribution in [3.8, 4) is 0 Å². The Morgan fingerprint density at radius 2 is 2.21 bits per heavy atom. The third kappa shape index (κ3) is 2.63. The molecule has 1 N–H and O–H groups in total. The Labute approximate surface area is 142 Å². The Morgan fingerprint density at radius 1 is 1.42 bits per heavy atom. The van der Waals surface area contributed by atoms with E-state index in [0.717, 1.165) is 16.1 Å². The lowest BCUT2D eigenvalue weighted by molar-refractivity contribution is -0.140. The van der Waals surface area contributed by atoms with Crippen LogP contribution in [0.4, 0.5) is 9.93 Å². The number of anilines is 1. The molecule has 2 aliphatic heterocycles. The fourth-order valence-corrected chi connectivity index (χ4v) is 4.03. The molecule has 3 amide bonds. The predicted octanol–water partition coefficient (Wildman–Crippen LogP) is 2.53. The van der Waals surface area contributed by atoms with E-state index in [9.17, 15) is 9.59 Å². The van der Waals surface area contributed by atoms with Crippen LogP contribution < -0.4 is 5.32 Å². The Bertz CT molecular complexity index is 792. The number of hydroxylamine groups is 2. The highest BCUT2D eigenvalue weighted by molar-refractivity contribution is 7.16. The molecule has 1 unspecified atom stereocenters. The lowest BCUT2D eigenvalue weighted by Crippen LogP contribution is -2.30. The van der Waals surface area contributed by atoms with Gasteiger partial charge in [0.15, 0.2) is 5.13 Å². The van der Waals surface area contributed by atoms with Crippen molar-refractivity contribution in [2.45, 2.75) is 26.1 Å². The molecule has 1 atom stereocenters. The van der Waals surface area contributed by atoms with Gasteiger partial charge in [0.2, 0.25) is 5.91 Å². The number of nitrogens with one attached hydrogen (secondary N) is 1. The second-order valence-corrected chi connectivity index (χ2v) is 6.81. The molecule has 1 saturated heterocycles. The van der Waals surface area contributed by atoms with Crippen molar-refractivity contribution in [1.29, 1.82) is 0 Å². The van der Waals surface area contributed by atoms with E-state index in [1.54, 1.807) is 4.90 Å². The van der Waals surface area contributed by atoms with Crippen LogP contribution in [-0.2, 0) is 22.8 Å². The maximum atomic E-state index is 12.5. The van der Waals surface area contributed by atoms with Crippen LogP contribution in [0, 0.1) is 0 Å². The highest BCUT2D eigenvalue weighted by Gasteiger charge is 2.46. The van der Waals surface area contributed by atoms with Gasteiger partial charge in [-0.25, -0.2) is 9.78 Å². The largest absolute Gasteiger partial charge is 0.345 e. The van der Waals surface area contributed by atoms with Gasteiger partial charge in [0.05, 0.1) is 23.7 Å². The molecule has 1 aromatic carbocycles. The number of rotatable bonds is 4. The number of nitrogens with zero attached hydrogens (tertiary/aromatic N) is 3. The van der Waals surface area contributed by atoms with Gasteiger partial charge in [-0.2, -0.15) is 5.06 Å². The van der Waals surface area contributed by atoms with Crippen molar-refractivity contribution in [1.82, 2.24) is 14.9 Å². The second-order valence-electron chi connectivity index (χ2n) is 5.77. The molecule has 0 saturated carbocycles. The summed E-state index contributed by atoms with van der Waals surface area (Å²) >= 11 is 1.41. The number of hydrogen-bond donors (Lipinski definition) is 1. The van der Waals surface area contributed by atoms with Gasteiger partial charge in [-0.15, -0.1) is 0 Å². The minimum atomic E-state index is -0.176. The Hall–Kier alpha value is -2.45.